The number of benzene rings is 2. The molecule has 2 heterocycles. The van der Waals surface area contributed by atoms with Gasteiger partial charge in [0.05, 0.1) is 10.6 Å². The van der Waals surface area contributed by atoms with Crippen molar-refractivity contribution in [3.63, 3.8) is 0 Å². The fourth-order valence-corrected chi connectivity index (χ4v) is 4.44. The van der Waals surface area contributed by atoms with Gasteiger partial charge < -0.3 is 4.42 Å². The minimum atomic E-state index is 0.000922. The molecule has 0 unspecified atom stereocenters. The largest absolute Gasteiger partial charge is 0.466 e. The van der Waals surface area contributed by atoms with Gasteiger partial charge in [0.2, 0.25) is 0 Å². The predicted octanol–water partition coefficient (Wildman–Crippen LogP) is 6.13. The van der Waals surface area contributed by atoms with E-state index in [2.05, 4.69) is 12.1 Å². The zero-order valence-electron chi connectivity index (χ0n) is 17.2. The summed E-state index contributed by atoms with van der Waals surface area (Å²) in [6.45, 7) is 4.46. The van der Waals surface area contributed by atoms with Gasteiger partial charge in [0.15, 0.2) is 5.17 Å². The summed E-state index contributed by atoms with van der Waals surface area (Å²) in [6, 6.07) is 22.1. The molecule has 1 aliphatic rings. The minimum absolute atomic E-state index is 0.000922. The standard InChI is InChI=1S/C25H24N2O2S/c1-18-16-21(19(2)29-18)17-23-24(28)27(15-9-12-20-10-5-3-6-11-20)25(30-23)26-22-13-7-4-8-14-22/h3-8,10-11,13-14,16-17H,9,12,15H2,1-2H3/b23-17-,26-25?. The Hall–Kier alpha value is -3.05. The van der Waals surface area contributed by atoms with E-state index in [1.165, 1.54) is 17.3 Å². The molecular formula is C25H24N2O2S. The molecule has 0 atom stereocenters. The zero-order valence-corrected chi connectivity index (χ0v) is 18.0. The number of aliphatic imine (C=N–C) groups is 1. The first-order chi connectivity index (χ1) is 14.6. The molecule has 0 bridgehead atoms. The minimum Gasteiger partial charge on any atom is -0.466 e. The number of thioether (sulfide) groups is 1. The molecule has 0 radical (unpaired) electrons. The van der Waals surface area contributed by atoms with Crippen molar-refractivity contribution in [1.29, 1.82) is 0 Å². The highest BCUT2D eigenvalue weighted by Crippen LogP contribution is 2.35. The summed E-state index contributed by atoms with van der Waals surface area (Å²) in [4.78, 5) is 20.4. The monoisotopic (exact) mass is 416 g/mol. The molecule has 152 valence electrons. The average molecular weight is 417 g/mol. The highest BCUT2D eigenvalue weighted by molar-refractivity contribution is 8.18. The maximum atomic E-state index is 13.2. The lowest BCUT2D eigenvalue weighted by atomic mass is 10.1. The number of carbonyl (C=O) groups excluding carboxylic acids is 1. The van der Waals surface area contributed by atoms with Crippen LogP contribution in [0, 0.1) is 13.8 Å². The maximum absolute atomic E-state index is 13.2. The quantitative estimate of drug-likeness (QED) is 0.454. The number of hydrogen-bond acceptors (Lipinski definition) is 4. The van der Waals surface area contributed by atoms with Crippen molar-refractivity contribution in [2.24, 2.45) is 4.99 Å². The number of nitrogens with zero attached hydrogens (tertiary/aromatic N) is 2. The van der Waals surface area contributed by atoms with Crippen molar-refractivity contribution in [2.45, 2.75) is 26.7 Å². The average Bonchev–Trinajstić information content (AvgIpc) is 3.22. The first-order valence-electron chi connectivity index (χ1n) is 10.1. The van der Waals surface area contributed by atoms with Crippen LogP contribution < -0.4 is 0 Å². The van der Waals surface area contributed by atoms with Crippen LogP contribution in [0.1, 0.15) is 29.1 Å². The van der Waals surface area contributed by atoms with Gasteiger partial charge >= 0.3 is 0 Å². The molecule has 1 saturated heterocycles. The third-order valence-electron chi connectivity index (χ3n) is 4.92. The van der Waals surface area contributed by atoms with Gasteiger partial charge in [-0.05, 0) is 68.3 Å². The molecule has 1 aliphatic heterocycles. The molecular weight excluding hydrogens is 392 g/mol. The summed E-state index contributed by atoms with van der Waals surface area (Å²) in [7, 11) is 0. The number of carbonyl (C=O) groups is 1. The SMILES string of the molecule is Cc1cc(/C=C2\SC(=Nc3ccccc3)N(CCCc3ccccc3)C2=O)c(C)o1. The van der Waals surface area contributed by atoms with Crippen LogP contribution >= 0.6 is 11.8 Å². The Balaban J connectivity index is 1.58. The van der Waals surface area contributed by atoms with Crippen LogP contribution in [0.3, 0.4) is 0 Å². The topological polar surface area (TPSA) is 45.8 Å². The lowest BCUT2D eigenvalue weighted by Crippen LogP contribution is -2.30. The van der Waals surface area contributed by atoms with Crippen molar-refractivity contribution in [3.8, 4) is 0 Å². The van der Waals surface area contributed by atoms with E-state index >= 15 is 0 Å². The van der Waals surface area contributed by atoms with Crippen LogP contribution in [0.4, 0.5) is 5.69 Å². The molecule has 0 spiro atoms. The normalized spacial score (nSPS) is 16.7. The number of para-hydroxylation sites is 1. The third kappa shape index (κ3) is 4.74. The van der Waals surface area contributed by atoms with Crippen molar-refractivity contribution < 1.29 is 9.21 Å². The summed E-state index contributed by atoms with van der Waals surface area (Å²) in [6.07, 6.45) is 3.71. The van der Waals surface area contributed by atoms with E-state index < -0.39 is 0 Å². The first kappa shape index (κ1) is 20.2. The Labute approximate surface area is 181 Å². The van der Waals surface area contributed by atoms with E-state index in [1.54, 1.807) is 4.90 Å². The Bertz CT molecular complexity index is 1080. The lowest BCUT2D eigenvalue weighted by Gasteiger charge is -2.15. The van der Waals surface area contributed by atoms with Gasteiger partial charge in [-0.1, -0.05) is 48.5 Å². The number of hydrogen-bond donors (Lipinski definition) is 0. The van der Waals surface area contributed by atoms with Crippen LogP contribution in [0.5, 0.6) is 0 Å². The van der Waals surface area contributed by atoms with Crippen LogP contribution in [-0.4, -0.2) is 22.5 Å². The number of furan rings is 1. The van der Waals surface area contributed by atoms with Crippen LogP contribution in [-0.2, 0) is 11.2 Å². The fraction of sp³-hybridized carbons (Fsp3) is 0.200. The van der Waals surface area contributed by atoms with Gasteiger partial charge in [-0.3, -0.25) is 9.69 Å². The van der Waals surface area contributed by atoms with E-state index in [4.69, 9.17) is 9.41 Å². The van der Waals surface area contributed by atoms with E-state index in [-0.39, 0.29) is 5.91 Å². The lowest BCUT2D eigenvalue weighted by molar-refractivity contribution is -0.122. The van der Waals surface area contributed by atoms with Gasteiger partial charge in [-0.2, -0.15) is 0 Å². The van der Waals surface area contributed by atoms with Gasteiger partial charge in [0.25, 0.3) is 5.91 Å². The molecule has 5 heteroatoms. The van der Waals surface area contributed by atoms with Gasteiger partial charge in [-0.15, -0.1) is 0 Å². The second-order valence-electron chi connectivity index (χ2n) is 7.26. The molecule has 1 fully saturated rings. The maximum Gasteiger partial charge on any atom is 0.266 e. The summed E-state index contributed by atoms with van der Waals surface area (Å²) in [5, 5.41) is 0.725. The molecule has 0 N–H and O–H groups in total. The Morgan fingerprint density at radius 2 is 1.73 bits per heavy atom. The van der Waals surface area contributed by atoms with Crippen molar-refractivity contribution in [3.05, 3.63) is 94.3 Å². The molecule has 4 rings (SSSR count). The summed E-state index contributed by atoms with van der Waals surface area (Å²) in [5.74, 6) is 1.66. The molecule has 4 nitrogen and oxygen atoms in total. The highest BCUT2D eigenvalue weighted by Gasteiger charge is 2.33. The van der Waals surface area contributed by atoms with Crippen LogP contribution in [0.15, 0.2) is 81.0 Å². The van der Waals surface area contributed by atoms with Gasteiger partial charge in [0, 0.05) is 12.1 Å². The molecule has 3 aromatic rings. The zero-order chi connectivity index (χ0) is 20.9. The Morgan fingerprint density at radius 1 is 1.03 bits per heavy atom. The van der Waals surface area contributed by atoms with E-state index in [9.17, 15) is 4.79 Å². The van der Waals surface area contributed by atoms with Gasteiger partial charge in [0.1, 0.15) is 11.5 Å². The third-order valence-corrected chi connectivity index (χ3v) is 5.93. The van der Waals surface area contributed by atoms with Gasteiger partial charge in [-0.25, -0.2) is 4.99 Å². The summed E-state index contributed by atoms with van der Waals surface area (Å²) < 4.78 is 5.61. The van der Waals surface area contributed by atoms with E-state index in [1.807, 2.05) is 74.5 Å². The predicted molar refractivity (Wildman–Crippen MR) is 124 cm³/mol. The van der Waals surface area contributed by atoms with Crippen molar-refractivity contribution in [2.75, 3.05) is 6.54 Å². The Kier molecular flexibility index (Phi) is 6.19. The second-order valence-corrected chi connectivity index (χ2v) is 8.26. The summed E-state index contributed by atoms with van der Waals surface area (Å²) in [5.41, 5.74) is 3.06. The molecule has 0 saturated carbocycles. The first-order valence-corrected chi connectivity index (χ1v) is 10.9. The molecule has 30 heavy (non-hydrogen) atoms. The number of aryl methyl sites for hydroxylation is 3. The van der Waals surface area contributed by atoms with Crippen LogP contribution in [0.2, 0.25) is 0 Å². The number of amidine groups is 1. The second kappa shape index (κ2) is 9.18. The summed E-state index contributed by atoms with van der Waals surface area (Å²) >= 11 is 1.43. The van der Waals surface area contributed by atoms with Crippen molar-refractivity contribution in [1.82, 2.24) is 4.90 Å². The smallest absolute Gasteiger partial charge is 0.266 e. The molecule has 0 aliphatic carbocycles. The fourth-order valence-electron chi connectivity index (χ4n) is 3.42. The van der Waals surface area contributed by atoms with Crippen molar-refractivity contribution >= 4 is 34.6 Å². The number of amides is 1. The molecule has 1 aromatic heterocycles. The number of rotatable bonds is 6. The Morgan fingerprint density at radius 3 is 2.40 bits per heavy atom. The van der Waals surface area contributed by atoms with Crippen LogP contribution in [0.25, 0.3) is 6.08 Å². The van der Waals surface area contributed by atoms with E-state index in [0.717, 1.165) is 40.8 Å². The molecule has 2 aromatic carbocycles. The van der Waals surface area contributed by atoms with E-state index in [0.29, 0.717) is 11.4 Å². The molecule has 1 amide bonds. The highest BCUT2D eigenvalue weighted by atomic mass is 32.2.